The van der Waals surface area contributed by atoms with Crippen molar-refractivity contribution in [3.63, 3.8) is 0 Å². The van der Waals surface area contributed by atoms with Crippen LogP contribution in [-0.2, 0) is 9.53 Å². The number of carbonyl (C=O) groups excluding carboxylic acids is 1. The molecule has 2 saturated heterocycles. The molecule has 5 heteroatoms. The van der Waals surface area contributed by atoms with Crippen molar-refractivity contribution in [2.24, 2.45) is 5.92 Å². The van der Waals surface area contributed by atoms with Crippen molar-refractivity contribution in [3.05, 3.63) is 0 Å². The Balaban J connectivity index is 1.87. The highest BCUT2D eigenvalue weighted by Gasteiger charge is 2.42. The molecule has 0 atom stereocenters. The molecular weight excluding hydrogens is 232 g/mol. The van der Waals surface area contributed by atoms with E-state index in [1.807, 2.05) is 18.7 Å². The van der Waals surface area contributed by atoms with Gasteiger partial charge in [-0.15, -0.1) is 0 Å². The van der Waals surface area contributed by atoms with Gasteiger partial charge in [-0.3, -0.25) is 9.69 Å². The number of aliphatic hydroxyl groups excluding tert-OH is 1. The molecule has 5 nitrogen and oxygen atoms in total. The maximum absolute atomic E-state index is 12.5. The molecule has 2 fully saturated rings. The topological polar surface area (TPSA) is 53.0 Å². The lowest BCUT2D eigenvalue weighted by atomic mass is 9.92. The molecule has 2 rings (SSSR count). The van der Waals surface area contributed by atoms with Gasteiger partial charge in [-0.1, -0.05) is 0 Å². The summed E-state index contributed by atoms with van der Waals surface area (Å²) in [4.78, 5) is 16.6. The second-order valence-electron chi connectivity index (χ2n) is 5.75. The Bertz CT molecular complexity index is 295. The van der Waals surface area contributed by atoms with E-state index in [1.165, 1.54) is 0 Å². The minimum absolute atomic E-state index is 0.207. The highest BCUT2D eigenvalue weighted by atomic mass is 16.5. The van der Waals surface area contributed by atoms with Crippen LogP contribution in [0, 0.1) is 5.92 Å². The first-order valence-corrected chi connectivity index (χ1v) is 6.78. The van der Waals surface area contributed by atoms with E-state index in [0.717, 1.165) is 32.6 Å². The van der Waals surface area contributed by atoms with Gasteiger partial charge in [0.1, 0.15) is 0 Å². The van der Waals surface area contributed by atoms with Crippen LogP contribution in [0.15, 0.2) is 0 Å². The predicted octanol–water partition coefficient (Wildman–Crippen LogP) is -0.0620. The fourth-order valence-corrected chi connectivity index (χ4v) is 2.75. The molecule has 0 aromatic carbocycles. The zero-order chi connectivity index (χ0) is 13.2. The predicted molar refractivity (Wildman–Crippen MR) is 68.2 cm³/mol. The number of hydrogen-bond acceptors (Lipinski definition) is 4. The molecule has 0 aromatic heterocycles. The first kappa shape index (κ1) is 13.8. The number of nitrogens with zero attached hydrogens (tertiary/aromatic N) is 2. The third-order valence-corrected chi connectivity index (χ3v) is 4.11. The zero-order valence-corrected chi connectivity index (χ0v) is 11.4. The molecule has 0 aromatic rings. The lowest BCUT2D eigenvalue weighted by molar-refractivity contribution is -0.152. The van der Waals surface area contributed by atoms with Gasteiger partial charge < -0.3 is 14.7 Å². The molecular formula is C13H24N2O3. The van der Waals surface area contributed by atoms with Gasteiger partial charge >= 0.3 is 0 Å². The summed E-state index contributed by atoms with van der Waals surface area (Å²) < 4.78 is 5.33. The monoisotopic (exact) mass is 256 g/mol. The van der Waals surface area contributed by atoms with E-state index in [2.05, 4.69) is 4.90 Å². The fourth-order valence-electron chi connectivity index (χ4n) is 2.75. The van der Waals surface area contributed by atoms with Gasteiger partial charge in [-0.05, 0) is 26.2 Å². The summed E-state index contributed by atoms with van der Waals surface area (Å²) in [5, 5.41) is 8.86. The number of rotatable bonds is 4. The Morgan fingerprint density at radius 3 is 2.50 bits per heavy atom. The van der Waals surface area contributed by atoms with Crippen molar-refractivity contribution in [3.8, 4) is 0 Å². The first-order valence-electron chi connectivity index (χ1n) is 6.78. The number of morpholine rings is 1. The van der Waals surface area contributed by atoms with Crippen LogP contribution in [0.2, 0.25) is 0 Å². The molecule has 0 aliphatic carbocycles. The molecule has 2 aliphatic rings. The normalized spacial score (nSPS) is 22.9. The average Bonchev–Trinajstić information content (AvgIpc) is 2.33. The van der Waals surface area contributed by atoms with Gasteiger partial charge in [0.25, 0.3) is 0 Å². The Morgan fingerprint density at radius 1 is 1.33 bits per heavy atom. The van der Waals surface area contributed by atoms with Gasteiger partial charge in [0.2, 0.25) is 5.91 Å². The quantitative estimate of drug-likeness (QED) is 0.765. The second-order valence-corrected chi connectivity index (χ2v) is 5.75. The van der Waals surface area contributed by atoms with Crippen LogP contribution in [0.4, 0.5) is 0 Å². The molecule has 18 heavy (non-hydrogen) atoms. The highest BCUT2D eigenvalue weighted by Crippen LogP contribution is 2.26. The van der Waals surface area contributed by atoms with Gasteiger partial charge in [0, 0.05) is 32.8 Å². The smallest absolute Gasteiger partial charge is 0.242 e. The largest absolute Gasteiger partial charge is 0.396 e. The van der Waals surface area contributed by atoms with E-state index in [4.69, 9.17) is 9.84 Å². The summed E-state index contributed by atoms with van der Waals surface area (Å²) >= 11 is 0. The van der Waals surface area contributed by atoms with E-state index in [1.54, 1.807) is 0 Å². The second kappa shape index (κ2) is 5.55. The van der Waals surface area contributed by atoms with E-state index in [9.17, 15) is 4.79 Å². The van der Waals surface area contributed by atoms with Crippen molar-refractivity contribution in [2.75, 3.05) is 46.0 Å². The molecule has 0 unspecified atom stereocenters. The number of ether oxygens (including phenoxy) is 1. The summed E-state index contributed by atoms with van der Waals surface area (Å²) in [5.41, 5.74) is -0.437. The van der Waals surface area contributed by atoms with Crippen LogP contribution in [-0.4, -0.2) is 72.4 Å². The highest BCUT2D eigenvalue weighted by molar-refractivity contribution is 5.86. The standard InChI is InChI=1S/C13H24N2O3/c1-13(2,15-4-7-18-8-5-15)12(17)14-9-11(10-14)3-6-16/h11,16H,3-10H2,1-2H3. The van der Waals surface area contributed by atoms with Gasteiger partial charge in [-0.25, -0.2) is 0 Å². The molecule has 0 spiro atoms. The number of aliphatic hydroxyl groups is 1. The van der Waals surface area contributed by atoms with Crippen LogP contribution in [0.3, 0.4) is 0 Å². The lowest BCUT2D eigenvalue weighted by Gasteiger charge is -2.47. The van der Waals surface area contributed by atoms with E-state index in [-0.39, 0.29) is 12.5 Å². The van der Waals surface area contributed by atoms with Crippen LogP contribution in [0.25, 0.3) is 0 Å². The maximum Gasteiger partial charge on any atom is 0.242 e. The molecule has 0 radical (unpaired) electrons. The summed E-state index contributed by atoms with van der Waals surface area (Å²) in [6, 6.07) is 0. The molecule has 2 heterocycles. The fraction of sp³-hybridized carbons (Fsp3) is 0.923. The molecule has 1 N–H and O–H groups in total. The van der Waals surface area contributed by atoms with E-state index < -0.39 is 5.54 Å². The number of carbonyl (C=O) groups is 1. The summed E-state index contributed by atoms with van der Waals surface area (Å²) in [7, 11) is 0. The first-order chi connectivity index (χ1) is 8.55. The van der Waals surface area contributed by atoms with Gasteiger partial charge in [0.05, 0.1) is 18.8 Å². The van der Waals surface area contributed by atoms with Crippen molar-refractivity contribution in [1.29, 1.82) is 0 Å². The zero-order valence-electron chi connectivity index (χ0n) is 11.4. The van der Waals surface area contributed by atoms with Gasteiger partial charge in [0.15, 0.2) is 0 Å². The van der Waals surface area contributed by atoms with Gasteiger partial charge in [-0.2, -0.15) is 0 Å². The maximum atomic E-state index is 12.5. The number of likely N-dealkylation sites (tertiary alicyclic amines) is 1. The van der Waals surface area contributed by atoms with Crippen molar-refractivity contribution < 1.29 is 14.6 Å². The van der Waals surface area contributed by atoms with Crippen LogP contribution < -0.4 is 0 Å². The minimum Gasteiger partial charge on any atom is -0.396 e. The molecule has 1 amide bonds. The third-order valence-electron chi connectivity index (χ3n) is 4.11. The number of amides is 1. The van der Waals surface area contributed by atoms with Crippen LogP contribution in [0.1, 0.15) is 20.3 Å². The number of hydrogen-bond donors (Lipinski definition) is 1. The lowest BCUT2D eigenvalue weighted by Crippen LogP contribution is -2.63. The minimum atomic E-state index is -0.437. The van der Waals surface area contributed by atoms with Crippen LogP contribution >= 0.6 is 0 Å². The van der Waals surface area contributed by atoms with Crippen molar-refractivity contribution >= 4 is 5.91 Å². The average molecular weight is 256 g/mol. The van der Waals surface area contributed by atoms with Crippen LogP contribution in [0.5, 0.6) is 0 Å². The molecule has 0 bridgehead atoms. The third kappa shape index (κ3) is 2.68. The van der Waals surface area contributed by atoms with Crippen molar-refractivity contribution in [1.82, 2.24) is 9.80 Å². The van der Waals surface area contributed by atoms with E-state index in [0.29, 0.717) is 19.1 Å². The van der Waals surface area contributed by atoms with Crippen molar-refractivity contribution in [2.45, 2.75) is 25.8 Å². The van der Waals surface area contributed by atoms with E-state index >= 15 is 0 Å². The molecule has 0 saturated carbocycles. The Hall–Kier alpha value is -0.650. The SMILES string of the molecule is CC(C)(C(=O)N1CC(CCO)C1)N1CCOCC1. The molecule has 104 valence electrons. The molecule has 2 aliphatic heterocycles. The summed E-state index contributed by atoms with van der Waals surface area (Å²) in [5.74, 6) is 0.693. The summed E-state index contributed by atoms with van der Waals surface area (Å²) in [6.45, 7) is 8.90. The summed E-state index contributed by atoms with van der Waals surface area (Å²) in [6.07, 6.45) is 0.807. The Labute approximate surface area is 109 Å². The Morgan fingerprint density at radius 2 is 1.94 bits per heavy atom. The Kier molecular flexibility index (Phi) is 4.25.